The van der Waals surface area contributed by atoms with Gasteiger partial charge in [0.15, 0.2) is 5.69 Å². The average Bonchev–Trinajstić information content (AvgIpc) is 2.54. The molecule has 0 radical (unpaired) electrons. The van der Waals surface area contributed by atoms with Gasteiger partial charge in [0.25, 0.3) is 5.91 Å². The number of hydrogen-bond acceptors (Lipinski definition) is 4. The van der Waals surface area contributed by atoms with Crippen molar-refractivity contribution in [1.82, 2.24) is 15.5 Å². The smallest absolute Gasteiger partial charge is 0.271 e. The third-order valence-electron chi connectivity index (χ3n) is 3.13. The third-order valence-corrected chi connectivity index (χ3v) is 3.13. The van der Waals surface area contributed by atoms with E-state index in [9.17, 15) is 4.79 Å². The molecular formula is C17H22N4O. The van der Waals surface area contributed by atoms with Crippen molar-refractivity contribution in [3.05, 3.63) is 53.7 Å². The molecule has 0 unspecified atom stereocenters. The van der Waals surface area contributed by atoms with E-state index in [1.807, 2.05) is 30.3 Å². The largest absolute Gasteiger partial charge is 0.368 e. The van der Waals surface area contributed by atoms with Crippen molar-refractivity contribution in [2.75, 3.05) is 18.4 Å². The molecule has 2 aromatic rings. The lowest BCUT2D eigenvalue weighted by Gasteiger charge is -2.08. The van der Waals surface area contributed by atoms with Crippen molar-refractivity contribution in [2.24, 2.45) is 5.92 Å². The normalized spacial score (nSPS) is 10.5. The molecule has 0 bridgehead atoms. The summed E-state index contributed by atoms with van der Waals surface area (Å²) in [4.78, 5) is 12.0. The number of nitrogens with one attached hydrogen (secondary N) is 2. The summed E-state index contributed by atoms with van der Waals surface area (Å²) in [5.74, 6) is 1.02. The maximum Gasteiger partial charge on any atom is 0.271 e. The number of hydrogen-bond donors (Lipinski definition) is 2. The van der Waals surface area contributed by atoms with Crippen molar-refractivity contribution in [3.8, 4) is 0 Å². The van der Waals surface area contributed by atoms with E-state index in [1.54, 1.807) is 12.1 Å². The fourth-order valence-corrected chi connectivity index (χ4v) is 1.91. The molecule has 0 aliphatic carbocycles. The van der Waals surface area contributed by atoms with E-state index in [4.69, 9.17) is 0 Å². The third kappa shape index (κ3) is 5.16. The second-order valence-electron chi connectivity index (χ2n) is 5.57. The van der Waals surface area contributed by atoms with Crippen molar-refractivity contribution in [2.45, 2.75) is 20.3 Å². The van der Waals surface area contributed by atoms with Crippen molar-refractivity contribution >= 4 is 11.7 Å². The number of carbonyl (C=O) groups is 1. The SMILES string of the molecule is CC(C)CNc1ccc(C(=O)NCCc2ccccc2)nn1. The van der Waals surface area contributed by atoms with Crippen LogP contribution in [0, 0.1) is 5.92 Å². The van der Waals surface area contributed by atoms with Crippen LogP contribution in [0.5, 0.6) is 0 Å². The van der Waals surface area contributed by atoms with Gasteiger partial charge in [0.2, 0.25) is 0 Å². The average molecular weight is 298 g/mol. The molecule has 1 aromatic heterocycles. The maximum absolute atomic E-state index is 12.0. The van der Waals surface area contributed by atoms with Crippen molar-refractivity contribution < 1.29 is 4.79 Å². The van der Waals surface area contributed by atoms with Gasteiger partial charge in [0, 0.05) is 13.1 Å². The molecule has 0 aliphatic heterocycles. The predicted octanol–water partition coefficient (Wildman–Crippen LogP) is 2.52. The van der Waals surface area contributed by atoms with Crippen LogP contribution in [0.25, 0.3) is 0 Å². The van der Waals surface area contributed by atoms with E-state index >= 15 is 0 Å². The number of amides is 1. The van der Waals surface area contributed by atoms with E-state index in [0.717, 1.165) is 13.0 Å². The highest BCUT2D eigenvalue weighted by Crippen LogP contribution is 2.04. The van der Waals surface area contributed by atoms with Gasteiger partial charge in [0.05, 0.1) is 0 Å². The van der Waals surface area contributed by atoms with Crippen LogP contribution in [-0.2, 0) is 6.42 Å². The van der Waals surface area contributed by atoms with Crippen molar-refractivity contribution in [3.63, 3.8) is 0 Å². The molecular weight excluding hydrogens is 276 g/mol. The highest BCUT2D eigenvalue weighted by molar-refractivity contribution is 5.92. The molecule has 0 aliphatic rings. The lowest BCUT2D eigenvalue weighted by molar-refractivity contribution is 0.0948. The monoisotopic (exact) mass is 298 g/mol. The first kappa shape index (κ1) is 15.9. The molecule has 5 heteroatoms. The summed E-state index contributed by atoms with van der Waals surface area (Å²) < 4.78 is 0. The quantitative estimate of drug-likeness (QED) is 0.824. The van der Waals surface area contributed by atoms with Crippen LogP contribution in [0.4, 0.5) is 5.82 Å². The van der Waals surface area contributed by atoms with Crippen LogP contribution in [0.2, 0.25) is 0 Å². The van der Waals surface area contributed by atoms with Gasteiger partial charge in [-0.1, -0.05) is 44.2 Å². The number of rotatable bonds is 7. The Labute approximate surface area is 131 Å². The molecule has 5 nitrogen and oxygen atoms in total. The zero-order valence-electron chi connectivity index (χ0n) is 13.0. The molecule has 2 N–H and O–H groups in total. The number of nitrogens with zero attached hydrogens (tertiary/aromatic N) is 2. The van der Waals surface area contributed by atoms with Gasteiger partial charge in [-0.25, -0.2) is 0 Å². The Balaban J connectivity index is 1.79. The molecule has 2 rings (SSSR count). The van der Waals surface area contributed by atoms with Gasteiger partial charge < -0.3 is 10.6 Å². The second-order valence-corrected chi connectivity index (χ2v) is 5.57. The van der Waals surface area contributed by atoms with Gasteiger partial charge in [0.1, 0.15) is 5.82 Å². The molecule has 0 atom stereocenters. The van der Waals surface area contributed by atoms with Crippen LogP contribution in [-0.4, -0.2) is 29.2 Å². The first-order valence-corrected chi connectivity index (χ1v) is 7.55. The van der Waals surface area contributed by atoms with Crippen LogP contribution in [0.15, 0.2) is 42.5 Å². The van der Waals surface area contributed by atoms with Gasteiger partial charge in [-0.2, -0.15) is 0 Å². The Morgan fingerprint density at radius 1 is 1.09 bits per heavy atom. The van der Waals surface area contributed by atoms with E-state index < -0.39 is 0 Å². The van der Waals surface area contributed by atoms with Crippen molar-refractivity contribution in [1.29, 1.82) is 0 Å². The first-order valence-electron chi connectivity index (χ1n) is 7.55. The molecule has 0 fully saturated rings. The Kier molecular flexibility index (Phi) is 5.89. The predicted molar refractivity (Wildman–Crippen MR) is 87.8 cm³/mol. The molecule has 22 heavy (non-hydrogen) atoms. The molecule has 1 amide bonds. The van der Waals surface area contributed by atoms with Crippen LogP contribution < -0.4 is 10.6 Å². The number of carbonyl (C=O) groups excluding carboxylic acids is 1. The lowest BCUT2D eigenvalue weighted by Crippen LogP contribution is -2.26. The molecule has 1 aromatic carbocycles. The lowest BCUT2D eigenvalue weighted by atomic mass is 10.1. The number of anilines is 1. The highest BCUT2D eigenvalue weighted by Gasteiger charge is 2.07. The topological polar surface area (TPSA) is 66.9 Å². The molecule has 1 heterocycles. The summed E-state index contributed by atoms with van der Waals surface area (Å²) in [5.41, 5.74) is 1.53. The Morgan fingerprint density at radius 2 is 1.86 bits per heavy atom. The number of aromatic nitrogens is 2. The minimum Gasteiger partial charge on any atom is -0.368 e. The van der Waals surface area contributed by atoms with Gasteiger partial charge in [-0.05, 0) is 30.0 Å². The van der Waals surface area contributed by atoms with Crippen LogP contribution >= 0.6 is 0 Å². The zero-order valence-corrected chi connectivity index (χ0v) is 13.0. The van der Waals surface area contributed by atoms with Gasteiger partial charge in [-0.3, -0.25) is 4.79 Å². The van der Waals surface area contributed by atoms with E-state index in [-0.39, 0.29) is 5.91 Å². The maximum atomic E-state index is 12.0. The minimum atomic E-state index is -0.196. The van der Waals surface area contributed by atoms with E-state index in [1.165, 1.54) is 5.56 Å². The summed E-state index contributed by atoms with van der Waals surface area (Å²) in [5, 5.41) is 14.0. The Morgan fingerprint density at radius 3 is 2.50 bits per heavy atom. The summed E-state index contributed by atoms with van der Waals surface area (Å²) >= 11 is 0. The van der Waals surface area contributed by atoms with Gasteiger partial charge >= 0.3 is 0 Å². The Bertz CT molecular complexity index is 581. The van der Waals surface area contributed by atoms with Gasteiger partial charge in [-0.15, -0.1) is 10.2 Å². The molecule has 0 saturated carbocycles. The second kappa shape index (κ2) is 8.12. The summed E-state index contributed by atoms with van der Waals surface area (Å²) in [7, 11) is 0. The fraction of sp³-hybridized carbons (Fsp3) is 0.353. The zero-order chi connectivity index (χ0) is 15.8. The van der Waals surface area contributed by atoms with Crippen LogP contribution in [0.3, 0.4) is 0 Å². The molecule has 116 valence electrons. The first-order chi connectivity index (χ1) is 10.6. The standard InChI is InChI=1S/C17H22N4O/c1-13(2)12-19-16-9-8-15(20-21-16)17(22)18-11-10-14-6-4-3-5-7-14/h3-9,13H,10-12H2,1-2H3,(H,18,22)(H,19,21). The molecule has 0 saturated heterocycles. The van der Waals surface area contributed by atoms with Crippen LogP contribution in [0.1, 0.15) is 29.9 Å². The Hall–Kier alpha value is -2.43. The highest BCUT2D eigenvalue weighted by atomic mass is 16.1. The van der Waals surface area contributed by atoms with E-state index in [0.29, 0.717) is 24.0 Å². The summed E-state index contributed by atoms with van der Waals surface area (Å²) in [6.45, 7) is 5.65. The van der Waals surface area contributed by atoms with E-state index in [2.05, 4.69) is 34.7 Å². The summed E-state index contributed by atoms with van der Waals surface area (Å²) in [6, 6.07) is 13.5. The fourth-order valence-electron chi connectivity index (χ4n) is 1.91. The minimum absolute atomic E-state index is 0.196. The number of benzene rings is 1. The summed E-state index contributed by atoms with van der Waals surface area (Å²) in [6.07, 6.45) is 0.800. The molecule has 0 spiro atoms.